The molecule has 0 rings (SSSR count). The first kappa shape index (κ1) is 5.88. The second kappa shape index (κ2) is 1.55. The lowest BCUT2D eigenvalue weighted by Gasteiger charge is -1.92. The Labute approximate surface area is 36.0 Å². The van der Waals surface area contributed by atoms with Crippen LogP contribution in [-0.2, 0) is 0 Å². The zero-order valence-electron chi connectivity index (χ0n) is 2.92. The molecule has 0 aliphatic rings. The average Bonchev–Trinajstić information content (AvgIpc) is 1.35. The number of hydrogen-bond donors (Lipinski definition) is 0. The van der Waals surface area contributed by atoms with Crippen molar-refractivity contribution in [3.8, 4) is 0 Å². The van der Waals surface area contributed by atoms with E-state index in [4.69, 9.17) is 0 Å². The first-order valence-electron chi connectivity index (χ1n) is 1.26. The van der Waals surface area contributed by atoms with Crippen molar-refractivity contribution in [2.45, 2.75) is 6.18 Å². The largest absolute Gasteiger partial charge is 0.405 e. The maximum absolute atomic E-state index is 10.7. The van der Waals surface area contributed by atoms with Gasteiger partial charge in [0.15, 0.2) is 0 Å². The van der Waals surface area contributed by atoms with Crippen molar-refractivity contribution in [3.63, 3.8) is 0 Å². The molecular formula is C2H3F3Si. The van der Waals surface area contributed by atoms with Gasteiger partial charge in [-0.05, 0) is 15.5 Å². The topological polar surface area (TPSA) is 0 Å². The standard InChI is InChI=1S/C2H3F3Si/c3-2(4,5)1-6/h1H,6H2. The highest BCUT2D eigenvalue weighted by atomic mass is 28.1. The molecule has 0 N–H and O–H groups in total. The predicted octanol–water partition coefficient (Wildman–Crippen LogP) is -0.0160. The fourth-order valence-corrected chi connectivity index (χ4v) is 0. The van der Waals surface area contributed by atoms with Crippen LogP contribution in [0.5, 0.6) is 0 Å². The van der Waals surface area contributed by atoms with Crippen LogP contribution in [0, 0.1) is 0 Å². The van der Waals surface area contributed by atoms with Gasteiger partial charge in [-0.1, -0.05) is 0 Å². The third kappa shape index (κ3) is 3.88. The summed E-state index contributed by atoms with van der Waals surface area (Å²) in [5, 5.41) is 0. The van der Waals surface area contributed by atoms with Crippen LogP contribution < -0.4 is 0 Å². The van der Waals surface area contributed by atoms with Crippen LogP contribution in [0.4, 0.5) is 13.2 Å². The van der Waals surface area contributed by atoms with Gasteiger partial charge in [0.25, 0.3) is 0 Å². The van der Waals surface area contributed by atoms with E-state index in [-0.39, 0.29) is 5.67 Å². The Kier molecular flexibility index (Phi) is 1.52. The maximum Gasteiger partial charge on any atom is 0.405 e. The fraction of sp³-hybridized carbons (Fsp3) is 0.500. The average molecular weight is 112 g/mol. The SMILES string of the molecule is FC(F)(F)C=[SiH2]. The van der Waals surface area contributed by atoms with Crippen LogP contribution in [0.1, 0.15) is 0 Å². The molecule has 0 amide bonds. The Morgan fingerprint density at radius 2 is 1.50 bits per heavy atom. The van der Waals surface area contributed by atoms with E-state index < -0.39 is 6.18 Å². The van der Waals surface area contributed by atoms with E-state index in [0.29, 0.717) is 0 Å². The van der Waals surface area contributed by atoms with Crippen molar-refractivity contribution in [2.24, 2.45) is 0 Å². The van der Waals surface area contributed by atoms with Crippen LogP contribution in [0.2, 0.25) is 0 Å². The molecule has 0 aliphatic carbocycles. The molecule has 0 bridgehead atoms. The molecular weight excluding hydrogens is 109 g/mol. The van der Waals surface area contributed by atoms with Gasteiger partial charge in [-0.25, -0.2) is 0 Å². The second-order valence-electron chi connectivity index (χ2n) is 0.746. The van der Waals surface area contributed by atoms with Crippen LogP contribution in [0.3, 0.4) is 0 Å². The lowest BCUT2D eigenvalue weighted by molar-refractivity contribution is -0.0517. The van der Waals surface area contributed by atoms with Gasteiger partial charge in [0.05, 0.1) is 0 Å². The molecule has 0 aromatic heterocycles. The van der Waals surface area contributed by atoms with E-state index in [2.05, 4.69) is 0 Å². The van der Waals surface area contributed by atoms with Crippen LogP contribution >= 0.6 is 0 Å². The van der Waals surface area contributed by atoms with Crippen molar-refractivity contribution < 1.29 is 13.2 Å². The lowest BCUT2D eigenvalue weighted by Crippen LogP contribution is -2.07. The monoisotopic (exact) mass is 112 g/mol. The molecule has 0 nitrogen and oxygen atoms in total. The third-order valence-electron chi connectivity index (χ3n) is 0.231. The number of halogens is 3. The normalized spacial score (nSPS) is 11.2. The van der Waals surface area contributed by atoms with Crippen LogP contribution in [0.25, 0.3) is 0 Å². The summed E-state index contributed by atoms with van der Waals surface area (Å²) in [6, 6.07) is 0. The lowest BCUT2D eigenvalue weighted by atomic mass is 10.8. The highest BCUT2D eigenvalue weighted by molar-refractivity contribution is 6.29. The van der Waals surface area contributed by atoms with Gasteiger partial charge in [-0.3, -0.25) is 0 Å². The van der Waals surface area contributed by atoms with Gasteiger partial charge in [0, 0.05) is 0 Å². The van der Waals surface area contributed by atoms with Gasteiger partial charge in [0.1, 0.15) is 0 Å². The molecule has 36 valence electrons. The molecule has 0 unspecified atom stereocenters. The highest BCUT2D eigenvalue weighted by Gasteiger charge is 2.19. The zero-order chi connectivity index (χ0) is 5.21. The Balaban J connectivity index is 3.45. The number of alkyl halides is 3. The Morgan fingerprint density at radius 1 is 1.33 bits per heavy atom. The molecule has 0 aromatic rings. The summed E-state index contributed by atoms with van der Waals surface area (Å²) in [6.45, 7) is 0. The van der Waals surface area contributed by atoms with Crippen molar-refractivity contribution in [2.75, 3.05) is 0 Å². The Hall–Kier alpha value is -0.123. The van der Waals surface area contributed by atoms with Gasteiger partial charge in [-0.2, -0.15) is 13.2 Å². The number of hydrogen-bond acceptors (Lipinski definition) is 0. The Bertz CT molecular complexity index is 54.3. The van der Waals surface area contributed by atoms with Gasteiger partial charge >= 0.3 is 6.18 Å². The van der Waals surface area contributed by atoms with Crippen molar-refractivity contribution in [3.05, 3.63) is 0 Å². The fourth-order valence-electron chi connectivity index (χ4n) is 0. The minimum Gasteiger partial charge on any atom is -0.167 e. The summed E-state index contributed by atoms with van der Waals surface area (Å²) in [6.07, 6.45) is -4.07. The zero-order valence-corrected chi connectivity index (χ0v) is 4.33. The molecule has 4 heteroatoms. The molecule has 0 saturated heterocycles. The second-order valence-corrected chi connectivity index (χ2v) is 1.15. The molecule has 0 heterocycles. The summed E-state index contributed by atoms with van der Waals surface area (Å²) >= 11 is 0. The molecule has 0 atom stereocenters. The minimum atomic E-state index is -4.07. The maximum atomic E-state index is 10.7. The molecule has 0 fully saturated rings. The third-order valence-corrected chi connectivity index (χ3v) is 0.694. The molecule has 0 radical (unpaired) electrons. The molecule has 0 spiro atoms. The van der Waals surface area contributed by atoms with E-state index in [9.17, 15) is 13.2 Å². The van der Waals surface area contributed by atoms with E-state index in [0.717, 1.165) is 9.85 Å². The van der Waals surface area contributed by atoms with Crippen LogP contribution in [0.15, 0.2) is 0 Å². The molecule has 0 aliphatic heterocycles. The van der Waals surface area contributed by atoms with E-state index in [1.807, 2.05) is 0 Å². The quantitative estimate of drug-likeness (QED) is 0.386. The number of rotatable bonds is 0. The van der Waals surface area contributed by atoms with E-state index in [1.54, 1.807) is 0 Å². The first-order chi connectivity index (χ1) is 2.56. The molecule has 0 saturated carbocycles. The van der Waals surface area contributed by atoms with Crippen molar-refractivity contribution in [1.82, 2.24) is 0 Å². The summed E-state index contributed by atoms with van der Waals surface area (Å²) in [7, 11) is 0.786. The summed E-state index contributed by atoms with van der Waals surface area (Å²) in [5.74, 6) is 0. The first-order valence-corrected chi connectivity index (χ1v) is 2.08. The van der Waals surface area contributed by atoms with Crippen LogP contribution in [-0.4, -0.2) is 21.7 Å². The highest BCUT2D eigenvalue weighted by Crippen LogP contribution is 2.08. The summed E-state index contributed by atoms with van der Waals surface area (Å²) in [4.78, 5) is 0. The smallest absolute Gasteiger partial charge is 0.167 e. The summed E-state index contributed by atoms with van der Waals surface area (Å²) in [5.41, 5.74) is 0.215. The van der Waals surface area contributed by atoms with Gasteiger partial charge < -0.3 is 0 Å². The molecule has 6 heavy (non-hydrogen) atoms. The molecule has 0 aromatic carbocycles. The van der Waals surface area contributed by atoms with Gasteiger partial charge in [-0.15, -0.1) is 0 Å². The minimum absolute atomic E-state index is 0.215. The predicted molar refractivity (Wildman–Crippen MR) is 20.7 cm³/mol. The van der Waals surface area contributed by atoms with Gasteiger partial charge in [0.2, 0.25) is 0 Å². The van der Waals surface area contributed by atoms with Crippen molar-refractivity contribution in [1.29, 1.82) is 0 Å². The summed E-state index contributed by atoms with van der Waals surface area (Å²) < 4.78 is 32.2. The van der Waals surface area contributed by atoms with Crippen molar-refractivity contribution >= 4 is 15.5 Å². The van der Waals surface area contributed by atoms with E-state index >= 15 is 0 Å². The Morgan fingerprint density at radius 3 is 1.50 bits per heavy atom. The van der Waals surface area contributed by atoms with E-state index in [1.165, 1.54) is 0 Å².